The molecule has 1 unspecified atom stereocenters. The molecule has 6 nitrogen and oxygen atoms in total. The van der Waals surface area contributed by atoms with Gasteiger partial charge in [0.25, 0.3) is 0 Å². The molecule has 3 rings (SSSR count). The third-order valence-corrected chi connectivity index (χ3v) is 5.28. The molecular weight excluding hydrogens is 308 g/mol. The Bertz CT molecular complexity index is 585. The van der Waals surface area contributed by atoms with Crippen LogP contribution in [0, 0.1) is 5.92 Å². The van der Waals surface area contributed by atoms with Gasteiger partial charge in [0.2, 0.25) is 0 Å². The average Bonchev–Trinajstić information content (AvgIpc) is 3.18. The van der Waals surface area contributed by atoms with Crippen LogP contribution in [0.5, 0.6) is 0 Å². The Balaban J connectivity index is 1.80. The lowest BCUT2D eigenvalue weighted by molar-refractivity contribution is 0.0934. The van der Waals surface area contributed by atoms with E-state index in [2.05, 4.69) is 63.7 Å². The minimum Gasteiger partial charge on any atom is -0.304 e. The lowest BCUT2D eigenvalue weighted by Crippen LogP contribution is -2.46. The topological polar surface area (TPSA) is 50.1 Å². The van der Waals surface area contributed by atoms with Gasteiger partial charge in [0, 0.05) is 31.1 Å². The summed E-state index contributed by atoms with van der Waals surface area (Å²) in [7, 11) is 2.19. The number of nitrogens with zero attached hydrogens (tertiary/aromatic N) is 6. The SMILES string of the molecule is CC(C)CC(c1nnnn1Cc1cccs1)N1CCN(C)CC1. The van der Waals surface area contributed by atoms with Gasteiger partial charge < -0.3 is 4.90 Å². The first-order chi connectivity index (χ1) is 11.1. The fraction of sp³-hybridized carbons (Fsp3) is 0.688. The van der Waals surface area contributed by atoms with Crippen molar-refractivity contribution in [1.29, 1.82) is 0 Å². The van der Waals surface area contributed by atoms with Crippen molar-refractivity contribution in [3.8, 4) is 0 Å². The van der Waals surface area contributed by atoms with E-state index in [1.54, 1.807) is 11.3 Å². The van der Waals surface area contributed by atoms with Crippen molar-refractivity contribution in [3.63, 3.8) is 0 Å². The zero-order chi connectivity index (χ0) is 16.2. The molecule has 3 heterocycles. The maximum Gasteiger partial charge on any atom is 0.168 e. The second kappa shape index (κ2) is 7.51. The summed E-state index contributed by atoms with van der Waals surface area (Å²) in [5.74, 6) is 1.63. The van der Waals surface area contributed by atoms with E-state index in [0.29, 0.717) is 12.0 Å². The van der Waals surface area contributed by atoms with Gasteiger partial charge in [-0.1, -0.05) is 19.9 Å². The summed E-state index contributed by atoms with van der Waals surface area (Å²) < 4.78 is 1.98. The third-order valence-electron chi connectivity index (χ3n) is 4.42. The number of likely N-dealkylation sites (N-methyl/N-ethyl adjacent to an activating group) is 1. The van der Waals surface area contributed by atoms with Gasteiger partial charge in [-0.3, -0.25) is 4.90 Å². The van der Waals surface area contributed by atoms with Crippen LogP contribution in [0.1, 0.15) is 37.0 Å². The molecule has 7 heteroatoms. The van der Waals surface area contributed by atoms with Gasteiger partial charge in [0.1, 0.15) is 0 Å². The molecule has 1 aliphatic rings. The van der Waals surface area contributed by atoms with Crippen molar-refractivity contribution in [2.75, 3.05) is 33.2 Å². The van der Waals surface area contributed by atoms with Crippen LogP contribution in [0.25, 0.3) is 0 Å². The molecular formula is C16H26N6S. The minimum absolute atomic E-state index is 0.304. The van der Waals surface area contributed by atoms with E-state index in [9.17, 15) is 0 Å². The molecule has 0 bridgehead atoms. The molecule has 2 aromatic heterocycles. The first-order valence-electron chi connectivity index (χ1n) is 8.34. The van der Waals surface area contributed by atoms with Crippen LogP contribution in [0.4, 0.5) is 0 Å². The number of aromatic nitrogens is 4. The number of hydrogen-bond donors (Lipinski definition) is 0. The molecule has 0 N–H and O–H groups in total. The number of tetrazole rings is 1. The van der Waals surface area contributed by atoms with Gasteiger partial charge in [0.05, 0.1) is 12.6 Å². The largest absolute Gasteiger partial charge is 0.304 e. The van der Waals surface area contributed by atoms with E-state index in [-0.39, 0.29) is 0 Å². The molecule has 0 aromatic carbocycles. The molecule has 1 fully saturated rings. The van der Waals surface area contributed by atoms with Crippen LogP contribution in [0.2, 0.25) is 0 Å². The van der Waals surface area contributed by atoms with Crippen molar-refractivity contribution >= 4 is 11.3 Å². The van der Waals surface area contributed by atoms with Gasteiger partial charge in [0.15, 0.2) is 5.82 Å². The van der Waals surface area contributed by atoms with Crippen LogP contribution in [-0.2, 0) is 6.54 Å². The summed E-state index contributed by atoms with van der Waals surface area (Å²) in [6, 6.07) is 4.53. The second-order valence-electron chi connectivity index (χ2n) is 6.76. The Labute approximate surface area is 142 Å². The number of piperazine rings is 1. The first kappa shape index (κ1) is 16.5. The zero-order valence-electron chi connectivity index (χ0n) is 14.2. The zero-order valence-corrected chi connectivity index (χ0v) is 15.0. The molecule has 126 valence electrons. The van der Waals surface area contributed by atoms with Crippen molar-refractivity contribution in [3.05, 3.63) is 28.2 Å². The van der Waals surface area contributed by atoms with Crippen LogP contribution in [0.3, 0.4) is 0 Å². The molecule has 23 heavy (non-hydrogen) atoms. The lowest BCUT2D eigenvalue weighted by Gasteiger charge is -2.38. The fourth-order valence-corrected chi connectivity index (χ4v) is 3.80. The van der Waals surface area contributed by atoms with Gasteiger partial charge in [-0.2, -0.15) is 0 Å². The Hall–Kier alpha value is -1.31. The summed E-state index contributed by atoms with van der Waals surface area (Å²) in [6.45, 7) is 9.71. The van der Waals surface area contributed by atoms with Gasteiger partial charge in [-0.25, -0.2) is 4.68 Å². The molecule has 1 atom stereocenters. The highest BCUT2D eigenvalue weighted by atomic mass is 32.1. The molecule has 0 radical (unpaired) electrons. The van der Waals surface area contributed by atoms with Gasteiger partial charge in [-0.15, -0.1) is 16.4 Å². The molecule has 1 saturated heterocycles. The Morgan fingerprint density at radius 1 is 1.22 bits per heavy atom. The molecule has 0 saturated carbocycles. The fourth-order valence-electron chi connectivity index (χ4n) is 3.11. The third kappa shape index (κ3) is 4.16. The maximum absolute atomic E-state index is 4.40. The maximum atomic E-state index is 4.40. The van der Waals surface area contributed by atoms with Crippen LogP contribution in [0.15, 0.2) is 17.5 Å². The highest BCUT2D eigenvalue weighted by molar-refractivity contribution is 7.09. The van der Waals surface area contributed by atoms with Gasteiger partial charge in [-0.05, 0) is 41.3 Å². The number of thiophene rings is 1. The highest BCUT2D eigenvalue weighted by Gasteiger charge is 2.29. The Kier molecular flexibility index (Phi) is 5.40. The van der Waals surface area contributed by atoms with E-state index >= 15 is 0 Å². The first-order valence-corrected chi connectivity index (χ1v) is 9.22. The Morgan fingerprint density at radius 2 is 2.00 bits per heavy atom. The van der Waals surface area contributed by atoms with Crippen LogP contribution in [-0.4, -0.2) is 63.2 Å². The summed E-state index contributed by atoms with van der Waals surface area (Å²) in [5, 5.41) is 14.7. The highest BCUT2D eigenvalue weighted by Crippen LogP contribution is 2.27. The standard InChI is InChI=1S/C16H26N6S/c1-13(2)11-15(21-8-6-20(3)7-9-21)16-17-18-19-22(16)12-14-5-4-10-23-14/h4-5,10,13,15H,6-9,11-12H2,1-3H3. The quantitative estimate of drug-likeness (QED) is 0.810. The van der Waals surface area contributed by atoms with Crippen molar-refractivity contribution in [1.82, 2.24) is 30.0 Å². The minimum atomic E-state index is 0.304. The van der Waals surface area contributed by atoms with E-state index in [1.807, 2.05) is 4.68 Å². The molecule has 0 amide bonds. The summed E-state index contributed by atoms with van der Waals surface area (Å²) in [4.78, 5) is 6.23. The van der Waals surface area contributed by atoms with Crippen LogP contribution >= 0.6 is 11.3 Å². The molecule has 0 spiro atoms. The summed E-state index contributed by atoms with van der Waals surface area (Å²) in [5.41, 5.74) is 0. The average molecular weight is 334 g/mol. The van der Waals surface area contributed by atoms with Crippen LogP contribution < -0.4 is 0 Å². The van der Waals surface area contributed by atoms with E-state index in [4.69, 9.17) is 0 Å². The lowest BCUT2D eigenvalue weighted by atomic mass is 10.0. The van der Waals surface area contributed by atoms with Crippen molar-refractivity contribution < 1.29 is 0 Å². The number of rotatable bonds is 6. The van der Waals surface area contributed by atoms with Gasteiger partial charge >= 0.3 is 0 Å². The second-order valence-corrected chi connectivity index (χ2v) is 7.79. The van der Waals surface area contributed by atoms with Crippen molar-refractivity contribution in [2.24, 2.45) is 5.92 Å². The molecule has 2 aromatic rings. The summed E-state index contributed by atoms with van der Waals surface area (Å²) >= 11 is 1.75. The Morgan fingerprint density at radius 3 is 2.65 bits per heavy atom. The normalized spacial score (nSPS) is 18.6. The predicted molar refractivity (Wildman–Crippen MR) is 92.5 cm³/mol. The van der Waals surface area contributed by atoms with Crippen molar-refractivity contribution in [2.45, 2.75) is 32.9 Å². The monoisotopic (exact) mass is 334 g/mol. The van der Waals surface area contributed by atoms with E-state index < -0.39 is 0 Å². The molecule has 0 aliphatic carbocycles. The number of hydrogen-bond acceptors (Lipinski definition) is 6. The van der Waals surface area contributed by atoms with E-state index in [0.717, 1.165) is 45.0 Å². The van der Waals surface area contributed by atoms with E-state index in [1.165, 1.54) is 4.88 Å². The molecule has 1 aliphatic heterocycles. The predicted octanol–water partition coefficient (Wildman–Crippen LogP) is 2.12. The smallest absolute Gasteiger partial charge is 0.168 e. The summed E-state index contributed by atoms with van der Waals surface area (Å²) in [6.07, 6.45) is 1.09.